The summed E-state index contributed by atoms with van der Waals surface area (Å²) in [5, 5.41) is 8.49. The second-order valence-corrected chi connectivity index (χ2v) is 10.1. The third-order valence-corrected chi connectivity index (χ3v) is 6.08. The van der Waals surface area contributed by atoms with Gasteiger partial charge in [-0.25, -0.2) is 0 Å². The third kappa shape index (κ3) is 32.8. The van der Waals surface area contributed by atoms with Crippen molar-refractivity contribution in [3.05, 3.63) is 34.9 Å². The maximum Gasteiger partial charge on any atom is 0.303 e. The van der Waals surface area contributed by atoms with Crippen LogP contribution in [0.2, 0.25) is 0 Å². The van der Waals surface area contributed by atoms with Crippen LogP contribution in [-0.4, -0.2) is 17.6 Å². The Morgan fingerprint density at radius 3 is 1.44 bits per heavy atom. The lowest BCUT2D eigenvalue weighted by Gasteiger charge is -2.02. The van der Waals surface area contributed by atoms with Crippen molar-refractivity contribution in [3.8, 4) is 0 Å². The summed E-state index contributed by atoms with van der Waals surface area (Å²) in [6.45, 7) is 11.6. The van der Waals surface area contributed by atoms with E-state index in [9.17, 15) is 4.79 Å². The number of hydrogen-bond acceptors (Lipinski definition) is 2. The van der Waals surface area contributed by atoms with E-state index >= 15 is 0 Å². The summed E-state index contributed by atoms with van der Waals surface area (Å²) in [7, 11) is 0. The quantitative estimate of drug-likeness (QED) is 0.128. The van der Waals surface area contributed by atoms with Crippen LogP contribution in [0.4, 0.5) is 0 Å². The molecular weight excluding hydrogens is 418 g/mol. The molecule has 3 heteroatoms. The van der Waals surface area contributed by atoms with Gasteiger partial charge >= 0.3 is 5.97 Å². The van der Waals surface area contributed by atoms with Crippen molar-refractivity contribution >= 4 is 5.97 Å². The summed E-state index contributed by atoms with van der Waals surface area (Å²) in [6, 6.07) is 0. The summed E-state index contributed by atoms with van der Waals surface area (Å²) >= 11 is 0. The number of carboxylic acids is 1. The van der Waals surface area contributed by atoms with E-state index in [4.69, 9.17) is 10.8 Å². The van der Waals surface area contributed by atoms with E-state index < -0.39 is 5.97 Å². The van der Waals surface area contributed by atoms with Gasteiger partial charge in [0.25, 0.3) is 0 Å². The first-order valence-electron chi connectivity index (χ1n) is 14.2. The predicted octanol–water partition coefficient (Wildman–Crippen LogP) is 9.92. The van der Waals surface area contributed by atoms with E-state index in [1.807, 2.05) is 0 Å². The number of hydrogen-bond donors (Lipinski definition) is 2. The van der Waals surface area contributed by atoms with Crippen LogP contribution in [0.25, 0.3) is 0 Å². The molecule has 0 spiro atoms. The molecule has 0 aromatic heterocycles. The van der Waals surface area contributed by atoms with Crippen LogP contribution in [-0.2, 0) is 4.79 Å². The van der Waals surface area contributed by atoms with Crippen molar-refractivity contribution in [1.82, 2.24) is 0 Å². The van der Waals surface area contributed by atoms with Crippen molar-refractivity contribution in [1.29, 1.82) is 0 Å². The average Bonchev–Trinajstić information content (AvgIpc) is 2.77. The highest BCUT2D eigenvalue weighted by molar-refractivity contribution is 5.66. The fourth-order valence-corrected chi connectivity index (χ4v) is 3.83. The van der Waals surface area contributed by atoms with Crippen LogP contribution < -0.4 is 5.73 Å². The van der Waals surface area contributed by atoms with Gasteiger partial charge in [0.15, 0.2) is 0 Å². The first kappa shape index (κ1) is 34.8. The molecule has 0 heterocycles. The molecule has 3 N–H and O–H groups in total. The minimum Gasteiger partial charge on any atom is -0.481 e. The molecule has 0 saturated carbocycles. The van der Waals surface area contributed by atoms with Crippen molar-refractivity contribution in [2.45, 2.75) is 150 Å². The zero-order valence-electron chi connectivity index (χ0n) is 23.6. The molecule has 200 valence electrons. The number of allylic oxidation sites excluding steroid dienone is 5. The molecule has 0 aliphatic carbocycles. The van der Waals surface area contributed by atoms with E-state index in [0.29, 0.717) is 13.0 Å². The normalized spacial score (nSPS) is 11.7. The van der Waals surface area contributed by atoms with Gasteiger partial charge in [0.2, 0.25) is 0 Å². The highest BCUT2D eigenvalue weighted by atomic mass is 16.4. The van der Waals surface area contributed by atoms with Crippen molar-refractivity contribution in [2.75, 3.05) is 6.54 Å². The molecule has 0 rings (SSSR count). The predicted molar refractivity (Wildman–Crippen MR) is 152 cm³/mol. The largest absolute Gasteiger partial charge is 0.481 e. The maximum atomic E-state index is 10.3. The Kier molecular flexibility index (Phi) is 28.6. The van der Waals surface area contributed by atoms with Gasteiger partial charge in [0.05, 0.1) is 0 Å². The average molecular weight is 478 g/mol. The van der Waals surface area contributed by atoms with Crippen molar-refractivity contribution in [3.63, 3.8) is 0 Å². The second kappa shape index (κ2) is 27.9. The maximum absolute atomic E-state index is 10.3. The van der Waals surface area contributed by atoms with Crippen molar-refractivity contribution in [2.24, 2.45) is 5.73 Å². The molecule has 0 aliphatic heterocycles. The third-order valence-electron chi connectivity index (χ3n) is 6.08. The standard InChI is InChI=1S/C16H32O2.C15H27N/c1-2-3-4-5-6-7-8-9-10-11-12-13-14-15-16(17)18;1-13(2)7-5-8-14(3)9-6-10-15(4)11-12-16/h2-15H2,1H3,(H,17,18);7,9,11H,5-6,8,10,12,16H2,1-4H3. The molecule has 3 nitrogen and oxygen atoms in total. The molecule has 0 saturated heterocycles. The summed E-state index contributed by atoms with van der Waals surface area (Å²) in [5.41, 5.74) is 9.77. The van der Waals surface area contributed by atoms with E-state index in [0.717, 1.165) is 25.7 Å². The topological polar surface area (TPSA) is 63.3 Å². The Labute approximate surface area is 213 Å². The molecule has 0 aliphatic rings. The SMILES string of the molecule is CC(C)=CCCC(C)=CCCC(C)=CCN.CCCCCCCCCCCCCCCC(=O)O. The highest BCUT2D eigenvalue weighted by Gasteiger charge is 1.97. The number of aliphatic carboxylic acids is 1. The summed E-state index contributed by atoms with van der Waals surface area (Å²) in [6.07, 6.45) is 28.7. The lowest BCUT2D eigenvalue weighted by Crippen LogP contribution is -1.94. The first-order chi connectivity index (χ1) is 16.3. The van der Waals surface area contributed by atoms with Crippen LogP contribution in [0.3, 0.4) is 0 Å². The van der Waals surface area contributed by atoms with Gasteiger partial charge in [0, 0.05) is 13.0 Å². The fraction of sp³-hybridized carbons (Fsp3) is 0.774. The molecule has 0 aromatic carbocycles. The molecule has 0 unspecified atom stereocenters. The summed E-state index contributed by atoms with van der Waals surface area (Å²) in [4.78, 5) is 10.3. The van der Waals surface area contributed by atoms with Gasteiger partial charge in [0.1, 0.15) is 0 Å². The molecule has 0 amide bonds. The minimum atomic E-state index is -0.655. The van der Waals surface area contributed by atoms with E-state index in [1.54, 1.807) is 0 Å². The molecule has 0 atom stereocenters. The summed E-state index contributed by atoms with van der Waals surface area (Å²) < 4.78 is 0. The molecule has 34 heavy (non-hydrogen) atoms. The number of nitrogens with two attached hydrogens (primary N) is 1. The number of carboxylic acid groups (broad SMARTS) is 1. The number of unbranched alkanes of at least 4 members (excludes halogenated alkanes) is 12. The summed E-state index contributed by atoms with van der Waals surface area (Å²) in [5.74, 6) is -0.655. The smallest absolute Gasteiger partial charge is 0.303 e. The van der Waals surface area contributed by atoms with Gasteiger partial charge in [-0.1, -0.05) is 119 Å². The molecule has 0 bridgehead atoms. The van der Waals surface area contributed by atoms with Crippen LogP contribution in [0, 0.1) is 0 Å². The zero-order valence-corrected chi connectivity index (χ0v) is 23.6. The Hall–Kier alpha value is -1.35. The zero-order chi connectivity index (χ0) is 25.9. The monoisotopic (exact) mass is 477 g/mol. The lowest BCUT2D eigenvalue weighted by molar-refractivity contribution is -0.137. The lowest BCUT2D eigenvalue weighted by atomic mass is 10.0. The second-order valence-electron chi connectivity index (χ2n) is 10.1. The molecule has 0 aromatic rings. The Balaban J connectivity index is 0. The number of rotatable bonds is 21. The van der Waals surface area contributed by atoms with Crippen LogP contribution >= 0.6 is 0 Å². The Morgan fingerprint density at radius 1 is 0.618 bits per heavy atom. The van der Waals surface area contributed by atoms with E-state index in [1.165, 1.54) is 100 Å². The highest BCUT2D eigenvalue weighted by Crippen LogP contribution is 2.13. The van der Waals surface area contributed by atoms with Crippen molar-refractivity contribution < 1.29 is 9.90 Å². The fourth-order valence-electron chi connectivity index (χ4n) is 3.83. The van der Waals surface area contributed by atoms with Gasteiger partial charge in [-0.15, -0.1) is 0 Å². The number of carbonyl (C=O) groups is 1. The van der Waals surface area contributed by atoms with E-state index in [2.05, 4.69) is 52.8 Å². The first-order valence-corrected chi connectivity index (χ1v) is 14.2. The Morgan fingerprint density at radius 2 is 1.03 bits per heavy atom. The van der Waals surface area contributed by atoms with Crippen LogP contribution in [0.15, 0.2) is 34.9 Å². The van der Waals surface area contributed by atoms with Crippen LogP contribution in [0.1, 0.15) is 150 Å². The Bertz CT molecular complexity index is 542. The van der Waals surface area contributed by atoms with Gasteiger partial charge in [-0.2, -0.15) is 0 Å². The van der Waals surface area contributed by atoms with Gasteiger partial charge < -0.3 is 10.8 Å². The molecular formula is C31H59NO2. The molecule has 0 fully saturated rings. The minimum absolute atomic E-state index is 0.345. The van der Waals surface area contributed by atoms with Gasteiger partial charge in [-0.3, -0.25) is 4.79 Å². The van der Waals surface area contributed by atoms with E-state index in [-0.39, 0.29) is 0 Å². The van der Waals surface area contributed by atoms with Crippen LogP contribution in [0.5, 0.6) is 0 Å². The molecule has 0 radical (unpaired) electrons. The van der Waals surface area contributed by atoms with Gasteiger partial charge in [-0.05, 0) is 59.8 Å².